The number of rotatable bonds is 5. The van der Waals surface area contributed by atoms with E-state index in [1.807, 2.05) is 23.3 Å². The van der Waals surface area contributed by atoms with Crippen molar-refractivity contribution in [2.24, 2.45) is 0 Å². The molecule has 1 N–H and O–H groups in total. The summed E-state index contributed by atoms with van der Waals surface area (Å²) in [4.78, 5) is 17.9. The number of hydrogen-bond donors (Lipinski definition) is 1. The van der Waals surface area contributed by atoms with Crippen LogP contribution in [0.3, 0.4) is 0 Å². The minimum Gasteiger partial charge on any atom is -0.480 e. The second-order valence-corrected chi connectivity index (χ2v) is 7.64. The predicted molar refractivity (Wildman–Crippen MR) is 85.3 cm³/mol. The van der Waals surface area contributed by atoms with Gasteiger partial charge in [0.15, 0.2) is 0 Å². The Labute approximate surface area is 132 Å². The molecule has 112 valence electrons. The lowest BCUT2D eigenvalue weighted by molar-refractivity contribution is -0.138. The number of aliphatic carboxylic acids is 1. The predicted octanol–water partition coefficient (Wildman–Crippen LogP) is 2.80. The summed E-state index contributed by atoms with van der Waals surface area (Å²) in [6.07, 6.45) is 2.09. The summed E-state index contributed by atoms with van der Waals surface area (Å²) in [5, 5.41) is 8.84. The number of likely N-dealkylation sites (N-methyl/N-ethyl adjacent to an activating group) is 1. The van der Waals surface area contributed by atoms with Crippen LogP contribution in [0.25, 0.3) is 0 Å². The first kappa shape index (κ1) is 15.9. The van der Waals surface area contributed by atoms with Gasteiger partial charge in [-0.3, -0.25) is 14.6 Å². The van der Waals surface area contributed by atoms with Gasteiger partial charge in [0.25, 0.3) is 0 Å². The van der Waals surface area contributed by atoms with Crippen LogP contribution in [0.4, 0.5) is 0 Å². The molecule has 20 heavy (non-hydrogen) atoms. The zero-order chi connectivity index (χ0) is 14.7. The molecule has 6 heteroatoms. The van der Waals surface area contributed by atoms with Gasteiger partial charge in [0, 0.05) is 39.9 Å². The molecule has 1 aromatic rings. The van der Waals surface area contributed by atoms with Crippen LogP contribution >= 0.6 is 27.3 Å². The number of carboxylic acid groups (broad SMARTS) is 1. The summed E-state index contributed by atoms with van der Waals surface area (Å²) in [6, 6.07) is 2.57. The molecule has 0 spiro atoms. The first-order valence-electron chi connectivity index (χ1n) is 6.85. The first-order valence-corrected chi connectivity index (χ1v) is 8.46. The van der Waals surface area contributed by atoms with Gasteiger partial charge in [-0.1, -0.05) is 0 Å². The van der Waals surface area contributed by atoms with Gasteiger partial charge in [-0.2, -0.15) is 0 Å². The van der Waals surface area contributed by atoms with Crippen molar-refractivity contribution >= 4 is 33.2 Å². The molecule has 4 nitrogen and oxygen atoms in total. The highest BCUT2D eigenvalue weighted by Crippen LogP contribution is 2.29. The molecular formula is C14H21BrN2O2S. The molecule has 0 radical (unpaired) electrons. The molecule has 1 aliphatic heterocycles. The minimum atomic E-state index is -0.743. The zero-order valence-electron chi connectivity index (χ0n) is 11.9. The van der Waals surface area contributed by atoms with E-state index in [4.69, 9.17) is 5.11 Å². The Bertz CT molecular complexity index is 470. The smallest absolute Gasteiger partial charge is 0.317 e. The highest BCUT2D eigenvalue weighted by atomic mass is 79.9. The molecule has 2 rings (SSSR count). The van der Waals surface area contributed by atoms with Crippen LogP contribution in [0, 0.1) is 6.92 Å². The first-order chi connectivity index (χ1) is 9.45. The summed E-state index contributed by atoms with van der Waals surface area (Å²) >= 11 is 5.46. The van der Waals surface area contributed by atoms with E-state index in [1.165, 1.54) is 14.2 Å². The third-order valence-electron chi connectivity index (χ3n) is 3.81. The molecule has 1 aromatic heterocycles. The Kier molecular flexibility index (Phi) is 5.60. The molecule has 0 aromatic carbocycles. The largest absolute Gasteiger partial charge is 0.480 e. The van der Waals surface area contributed by atoms with Crippen molar-refractivity contribution in [1.82, 2.24) is 9.80 Å². The van der Waals surface area contributed by atoms with E-state index < -0.39 is 5.97 Å². The third kappa shape index (κ3) is 4.28. The average molecular weight is 361 g/mol. The lowest BCUT2D eigenvalue weighted by Gasteiger charge is -2.36. The van der Waals surface area contributed by atoms with Gasteiger partial charge in [-0.05, 0) is 48.8 Å². The maximum absolute atomic E-state index is 10.7. The van der Waals surface area contributed by atoms with Gasteiger partial charge in [0.1, 0.15) is 0 Å². The van der Waals surface area contributed by atoms with Crippen LogP contribution in [-0.2, 0) is 11.3 Å². The van der Waals surface area contributed by atoms with E-state index in [0.717, 1.165) is 32.5 Å². The highest BCUT2D eigenvalue weighted by molar-refractivity contribution is 9.10. The van der Waals surface area contributed by atoms with Crippen molar-refractivity contribution < 1.29 is 9.90 Å². The van der Waals surface area contributed by atoms with Gasteiger partial charge in [0.2, 0.25) is 0 Å². The number of nitrogens with zero attached hydrogens (tertiary/aromatic N) is 2. The second-order valence-electron chi connectivity index (χ2n) is 5.44. The van der Waals surface area contributed by atoms with Gasteiger partial charge in [-0.15, -0.1) is 11.3 Å². The maximum atomic E-state index is 10.7. The van der Waals surface area contributed by atoms with E-state index in [2.05, 4.69) is 33.8 Å². The molecular weight excluding hydrogens is 340 g/mol. The molecule has 0 bridgehead atoms. The molecule has 1 saturated heterocycles. The van der Waals surface area contributed by atoms with Crippen LogP contribution < -0.4 is 0 Å². The standard InChI is InChI=1S/C14H21BrN2O2S/c1-10-7-12(15)13(20-10)8-17-5-3-11(4-6-17)16(2)9-14(18)19/h7,11H,3-6,8-9H2,1-2H3,(H,18,19). The average Bonchev–Trinajstić information content (AvgIpc) is 2.68. The molecule has 0 atom stereocenters. The lowest BCUT2D eigenvalue weighted by atomic mass is 10.0. The number of aryl methyl sites for hydroxylation is 1. The zero-order valence-corrected chi connectivity index (χ0v) is 14.3. The Morgan fingerprint density at radius 3 is 2.70 bits per heavy atom. The fraction of sp³-hybridized carbons (Fsp3) is 0.643. The fourth-order valence-corrected chi connectivity index (χ4v) is 4.54. The summed E-state index contributed by atoms with van der Waals surface area (Å²) in [5.41, 5.74) is 0. The van der Waals surface area contributed by atoms with Gasteiger partial charge in [-0.25, -0.2) is 0 Å². The van der Waals surface area contributed by atoms with Crippen LogP contribution in [0.15, 0.2) is 10.5 Å². The Morgan fingerprint density at radius 2 is 2.20 bits per heavy atom. The fourth-order valence-electron chi connectivity index (χ4n) is 2.70. The number of piperidine rings is 1. The Balaban J connectivity index is 1.82. The summed E-state index contributed by atoms with van der Waals surface area (Å²) in [7, 11) is 1.91. The SMILES string of the molecule is Cc1cc(Br)c(CN2CCC(N(C)CC(=O)O)CC2)s1. The summed E-state index contributed by atoms with van der Waals surface area (Å²) in [6.45, 7) is 5.34. The molecule has 0 aliphatic carbocycles. The third-order valence-corrected chi connectivity index (χ3v) is 5.82. The van der Waals surface area contributed by atoms with Gasteiger partial charge >= 0.3 is 5.97 Å². The van der Waals surface area contributed by atoms with Crippen LogP contribution in [0.5, 0.6) is 0 Å². The monoisotopic (exact) mass is 360 g/mol. The minimum absolute atomic E-state index is 0.139. The van der Waals surface area contributed by atoms with E-state index in [9.17, 15) is 4.79 Å². The molecule has 0 unspecified atom stereocenters. The van der Waals surface area contributed by atoms with Gasteiger partial charge < -0.3 is 5.11 Å². The number of thiophene rings is 1. The molecule has 0 saturated carbocycles. The quantitative estimate of drug-likeness (QED) is 0.876. The topological polar surface area (TPSA) is 43.8 Å². The van der Waals surface area contributed by atoms with Gasteiger partial charge in [0.05, 0.1) is 6.54 Å². The Morgan fingerprint density at radius 1 is 1.55 bits per heavy atom. The van der Waals surface area contributed by atoms with Crippen LogP contribution in [0.2, 0.25) is 0 Å². The molecule has 1 aliphatic rings. The van der Waals surface area contributed by atoms with E-state index in [0.29, 0.717) is 6.04 Å². The van der Waals surface area contributed by atoms with Crippen molar-refractivity contribution in [2.45, 2.75) is 32.4 Å². The van der Waals surface area contributed by atoms with Crippen molar-refractivity contribution in [1.29, 1.82) is 0 Å². The Hall–Kier alpha value is -0.430. The van der Waals surface area contributed by atoms with E-state index in [1.54, 1.807) is 0 Å². The van der Waals surface area contributed by atoms with Crippen molar-refractivity contribution in [3.63, 3.8) is 0 Å². The molecule has 0 amide bonds. The molecule has 1 fully saturated rings. The number of hydrogen-bond acceptors (Lipinski definition) is 4. The normalized spacial score (nSPS) is 17.8. The van der Waals surface area contributed by atoms with Crippen molar-refractivity contribution in [2.75, 3.05) is 26.7 Å². The lowest BCUT2D eigenvalue weighted by Crippen LogP contribution is -2.44. The van der Waals surface area contributed by atoms with Crippen LogP contribution in [-0.4, -0.2) is 53.6 Å². The summed E-state index contributed by atoms with van der Waals surface area (Å²) < 4.78 is 1.21. The van der Waals surface area contributed by atoms with E-state index in [-0.39, 0.29) is 6.54 Å². The highest BCUT2D eigenvalue weighted by Gasteiger charge is 2.24. The molecule has 2 heterocycles. The number of halogens is 1. The number of likely N-dealkylation sites (tertiary alicyclic amines) is 1. The van der Waals surface area contributed by atoms with Crippen molar-refractivity contribution in [3.05, 3.63) is 20.3 Å². The van der Waals surface area contributed by atoms with Crippen LogP contribution in [0.1, 0.15) is 22.6 Å². The number of carboxylic acids is 1. The maximum Gasteiger partial charge on any atom is 0.317 e. The second kappa shape index (κ2) is 7.02. The van der Waals surface area contributed by atoms with Crippen molar-refractivity contribution in [3.8, 4) is 0 Å². The van der Waals surface area contributed by atoms with E-state index >= 15 is 0 Å². The summed E-state index contributed by atoms with van der Waals surface area (Å²) in [5.74, 6) is -0.743. The number of carbonyl (C=O) groups is 1.